The van der Waals surface area contributed by atoms with Gasteiger partial charge in [0, 0.05) is 13.1 Å². The van der Waals surface area contributed by atoms with E-state index in [9.17, 15) is 8.42 Å². The highest BCUT2D eigenvalue weighted by Gasteiger charge is 2.32. The molecule has 0 aliphatic carbocycles. The quantitative estimate of drug-likeness (QED) is 0.855. The Bertz CT molecular complexity index is 735. The number of rotatable bonds is 4. The van der Waals surface area contributed by atoms with E-state index in [-0.39, 0.29) is 16.4 Å². The minimum atomic E-state index is -3.58. The lowest BCUT2D eigenvalue weighted by Gasteiger charge is -2.34. The second-order valence-corrected chi connectivity index (χ2v) is 8.31. The molecule has 2 aromatic rings. The fraction of sp³-hybridized carbons (Fsp3) is 0.500. The first-order chi connectivity index (χ1) is 10.1. The highest BCUT2D eigenvalue weighted by atomic mass is 32.2. The maximum atomic E-state index is 12.8. The van der Waals surface area contributed by atoms with Crippen molar-refractivity contribution in [2.24, 2.45) is 5.41 Å². The Balaban J connectivity index is 2.40. The van der Waals surface area contributed by atoms with E-state index >= 15 is 0 Å². The van der Waals surface area contributed by atoms with Crippen LogP contribution in [-0.4, -0.2) is 46.0 Å². The molecule has 0 bridgehead atoms. The van der Waals surface area contributed by atoms with Crippen LogP contribution >= 0.6 is 0 Å². The van der Waals surface area contributed by atoms with Crippen LogP contribution in [0, 0.1) is 5.41 Å². The van der Waals surface area contributed by atoms with Crippen LogP contribution in [0.2, 0.25) is 0 Å². The molecule has 0 radical (unpaired) electrons. The average Bonchev–Trinajstić information content (AvgIpc) is 2.99. The summed E-state index contributed by atoms with van der Waals surface area (Å²) in [4.78, 5) is 0.221. The molecule has 0 fully saturated rings. The number of aromatic nitrogens is 4. The molecule has 0 spiro atoms. The van der Waals surface area contributed by atoms with E-state index in [0.717, 1.165) is 0 Å². The number of tetrazole rings is 1. The molecule has 1 atom stereocenters. The van der Waals surface area contributed by atoms with Crippen molar-refractivity contribution < 1.29 is 8.42 Å². The molecule has 1 aromatic heterocycles. The van der Waals surface area contributed by atoms with Gasteiger partial charge in [-0.25, -0.2) is 13.1 Å². The Hall–Kier alpha value is -1.80. The lowest BCUT2D eigenvalue weighted by molar-refractivity contribution is 0.216. The Morgan fingerprint density at radius 1 is 1.27 bits per heavy atom. The third kappa shape index (κ3) is 3.17. The number of hydrogen-bond donors (Lipinski definition) is 0. The van der Waals surface area contributed by atoms with E-state index < -0.39 is 10.0 Å². The predicted octanol–water partition coefficient (Wildman–Crippen LogP) is 1.72. The molecule has 22 heavy (non-hydrogen) atoms. The van der Waals surface area contributed by atoms with E-state index in [0.29, 0.717) is 5.69 Å². The van der Waals surface area contributed by atoms with Gasteiger partial charge in [0.2, 0.25) is 10.0 Å². The van der Waals surface area contributed by atoms with Crippen molar-refractivity contribution in [2.45, 2.75) is 38.6 Å². The maximum absolute atomic E-state index is 12.8. The second kappa shape index (κ2) is 5.77. The van der Waals surface area contributed by atoms with Gasteiger partial charge >= 0.3 is 0 Å². The summed E-state index contributed by atoms with van der Waals surface area (Å²) >= 11 is 0. The Labute approximate surface area is 131 Å². The largest absolute Gasteiger partial charge is 0.243 e. The van der Waals surface area contributed by atoms with Gasteiger partial charge in [0.05, 0.1) is 10.6 Å². The summed E-state index contributed by atoms with van der Waals surface area (Å²) in [6.45, 7) is 7.95. The SMILES string of the molecule is C[C@H](N(C)S(=O)(=O)c1cccc(-n2cnnn2)c1)C(C)(C)C. The zero-order valence-electron chi connectivity index (χ0n) is 13.4. The van der Waals surface area contributed by atoms with Gasteiger partial charge in [-0.05, 0) is 41.0 Å². The summed E-state index contributed by atoms with van der Waals surface area (Å²) < 4.78 is 28.4. The monoisotopic (exact) mass is 323 g/mol. The van der Waals surface area contributed by atoms with Gasteiger partial charge in [0.1, 0.15) is 6.33 Å². The van der Waals surface area contributed by atoms with Gasteiger partial charge < -0.3 is 0 Å². The van der Waals surface area contributed by atoms with Crippen molar-refractivity contribution in [3.8, 4) is 5.69 Å². The Kier molecular flexibility index (Phi) is 4.35. The standard InChI is InChI=1S/C14H21N5O2S/c1-11(14(2,3)4)18(5)22(20,21)13-8-6-7-12(9-13)19-10-15-16-17-19/h6-11H,1-5H3/t11-/m0/s1. The molecule has 0 saturated heterocycles. The summed E-state index contributed by atoms with van der Waals surface area (Å²) in [5, 5.41) is 10.9. The first kappa shape index (κ1) is 16.6. The van der Waals surface area contributed by atoms with E-state index in [1.165, 1.54) is 15.3 Å². The molecule has 7 nitrogen and oxygen atoms in total. The molecule has 0 saturated carbocycles. The summed E-state index contributed by atoms with van der Waals surface area (Å²) in [5.41, 5.74) is 0.442. The van der Waals surface area contributed by atoms with Crippen LogP contribution < -0.4 is 0 Å². The first-order valence-electron chi connectivity index (χ1n) is 6.95. The van der Waals surface area contributed by atoms with Crippen molar-refractivity contribution in [1.29, 1.82) is 0 Å². The number of nitrogens with zero attached hydrogens (tertiary/aromatic N) is 5. The van der Waals surface area contributed by atoms with Crippen molar-refractivity contribution >= 4 is 10.0 Å². The van der Waals surface area contributed by atoms with E-state index in [1.807, 2.05) is 27.7 Å². The van der Waals surface area contributed by atoms with Gasteiger partial charge in [-0.3, -0.25) is 0 Å². The fourth-order valence-corrected chi connectivity index (χ4v) is 3.57. The number of hydrogen-bond acceptors (Lipinski definition) is 5. The van der Waals surface area contributed by atoms with Crippen LogP contribution in [0.25, 0.3) is 5.69 Å². The molecule has 0 amide bonds. The van der Waals surface area contributed by atoms with Gasteiger partial charge in [0.25, 0.3) is 0 Å². The summed E-state index contributed by atoms with van der Waals surface area (Å²) in [5.74, 6) is 0. The molecule has 0 unspecified atom stereocenters. The number of benzene rings is 1. The average molecular weight is 323 g/mol. The Morgan fingerprint density at radius 2 is 1.95 bits per heavy atom. The normalized spacial score (nSPS) is 14.3. The van der Waals surface area contributed by atoms with Crippen LogP contribution in [0.3, 0.4) is 0 Å². The second-order valence-electron chi connectivity index (χ2n) is 6.31. The van der Waals surface area contributed by atoms with Crippen molar-refractivity contribution in [1.82, 2.24) is 24.5 Å². The predicted molar refractivity (Wildman–Crippen MR) is 83.0 cm³/mol. The third-order valence-corrected chi connectivity index (χ3v) is 5.83. The summed E-state index contributed by atoms with van der Waals surface area (Å²) in [7, 11) is -1.98. The topological polar surface area (TPSA) is 81.0 Å². The molecule has 8 heteroatoms. The highest BCUT2D eigenvalue weighted by Crippen LogP contribution is 2.28. The smallest absolute Gasteiger partial charge is 0.207 e. The zero-order chi connectivity index (χ0) is 16.5. The molecule has 0 aliphatic heterocycles. The first-order valence-corrected chi connectivity index (χ1v) is 8.39. The van der Waals surface area contributed by atoms with Gasteiger partial charge in [-0.1, -0.05) is 26.8 Å². The van der Waals surface area contributed by atoms with Crippen LogP contribution in [0.15, 0.2) is 35.5 Å². The molecular weight excluding hydrogens is 302 g/mol. The third-order valence-electron chi connectivity index (χ3n) is 3.91. The van der Waals surface area contributed by atoms with Crippen LogP contribution in [0.1, 0.15) is 27.7 Å². The highest BCUT2D eigenvalue weighted by molar-refractivity contribution is 7.89. The molecule has 1 aromatic carbocycles. The lowest BCUT2D eigenvalue weighted by Crippen LogP contribution is -2.42. The minimum Gasteiger partial charge on any atom is -0.207 e. The molecule has 0 aliphatic rings. The van der Waals surface area contributed by atoms with E-state index in [1.54, 1.807) is 31.3 Å². The van der Waals surface area contributed by atoms with Crippen LogP contribution in [0.5, 0.6) is 0 Å². The van der Waals surface area contributed by atoms with Gasteiger partial charge in [0.15, 0.2) is 0 Å². The summed E-state index contributed by atoms with van der Waals surface area (Å²) in [6.07, 6.45) is 1.42. The molecule has 120 valence electrons. The minimum absolute atomic E-state index is 0.144. The van der Waals surface area contributed by atoms with Crippen molar-refractivity contribution in [2.75, 3.05) is 7.05 Å². The molecule has 0 N–H and O–H groups in total. The molecule has 1 heterocycles. The fourth-order valence-electron chi connectivity index (χ4n) is 1.99. The van der Waals surface area contributed by atoms with Gasteiger partial charge in [-0.15, -0.1) is 5.10 Å². The van der Waals surface area contributed by atoms with E-state index in [4.69, 9.17) is 0 Å². The van der Waals surface area contributed by atoms with E-state index in [2.05, 4.69) is 15.5 Å². The van der Waals surface area contributed by atoms with Gasteiger partial charge in [-0.2, -0.15) is 4.31 Å². The van der Waals surface area contributed by atoms with Crippen molar-refractivity contribution in [3.63, 3.8) is 0 Å². The summed E-state index contributed by atoms with van der Waals surface area (Å²) in [6, 6.07) is 6.43. The Morgan fingerprint density at radius 3 is 2.50 bits per heavy atom. The lowest BCUT2D eigenvalue weighted by atomic mass is 9.88. The molecule has 2 rings (SSSR count). The van der Waals surface area contributed by atoms with Crippen molar-refractivity contribution in [3.05, 3.63) is 30.6 Å². The zero-order valence-corrected chi connectivity index (χ0v) is 14.2. The molecular formula is C14H21N5O2S. The van der Waals surface area contributed by atoms with Crippen LogP contribution in [-0.2, 0) is 10.0 Å². The van der Waals surface area contributed by atoms with Crippen LogP contribution in [0.4, 0.5) is 0 Å². The maximum Gasteiger partial charge on any atom is 0.243 e. The number of sulfonamides is 1.